The van der Waals surface area contributed by atoms with Gasteiger partial charge < -0.3 is 49.0 Å². The number of methoxy groups -OCH3 is 2. The molecule has 15 unspecified atom stereocenters. The molecule has 2 bridgehead atoms. The van der Waals surface area contributed by atoms with Crippen LogP contribution in [0.25, 0.3) is 0 Å². The third-order valence-electron chi connectivity index (χ3n) is 15.0. The first-order valence-corrected chi connectivity index (χ1v) is 25.6. The van der Waals surface area contributed by atoms with Gasteiger partial charge in [-0.05, 0) is 107 Å². The van der Waals surface area contributed by atoms with E-state index in [2.05, 4.69) is 11.8 Å². The van der Waals surface area contributed by atoms with Gasteiger partial charge in [0.1, 0.15) is 31.0 Å². The minimum absolute atomic E-state index is 0.0118. The molecule has 0 aromatic carbocycles. The molecule has 3 aliphatic heterocycles. The Morgan fingerprint density at radius 3 is 2.29 bits per heavy atom. The fourth-order valence-electron chi connectivity index (χ4n) is 10.5. The second-order valence-corrected chi connectivity index (χ2v) is 20.6. The normalized spacial score (nSPS) is 39.6. The standard InChI is InChI=1S/C55H85NO13/c1-11-12-18-27-67-46-32-42-24-22-40(8)55(64,69-42)52(61)53(62)56-26-17-16-21-43(56)54(63)68-47(37(5)30-41-23-25-44(57)48(31-41)65-9)33-45(58)36(4)29-39(7)50(60)51(66-10)49(59)38(6)28-34(2)19-14-13-15-20-35(46)3/h13-15,19-20,29,34,36-38,40-48,50-51,57-58,60,64H,11,16-17,21-28,30-33H2,1-10H3/b15-13+,19-14+,35-20+,39-29+/t34?,36?,37?,38?,40?,41?,42?,43?,44?,45-,46?,47?,48?,50?,51?,55?/m0/s1. The van der Waals surface area contributed by atoms with Crippen molar-refractivity contribution in [3.8, 4) is 11.8 Å². The summed E-state index contributed by atoms with van der Waals surface area (Å²) in [6.45, 7) is 15.1. The predicted molar refractivity (Wildman–Crippen MR) is 263 cm³/mol. The molecule has 14 heteroatoms. The van der Waals surface area contributed by atoms with Gasteiger partial charge in [-0.3, -0.25) is 14.4 Å². The van der Waals surface area contributed by atoms with E-state index in [1.54, 1.807) is 34.0 Å². The number of nitrogens with zero attached hydrogens (tertiary/aromatic N) is 1. The van der Waals surface area contributed by atoms with Crippen molar-refractivity contribution < 1.29 is 63.3 Å². The van der Waals surface area contributed by atoms with Crippen LogP contribution in [-0.4, -0.2) is 137 Å². The summed E-state index contributed by atoms with van der Waals surface area (Å²) in [5.74, 6) is -1.37. The molecule has 4 N–H and O–H groups in total. The third kappa shape index (κ3) is 16.2. The maximum absolute atomic E-state index is 14.5. The number of piperidine rings is 1. The summed E-state index contributed by atoms with van der Waals surface area (Å²) in [5, 5.41) is 45.9. The first-order valence-electron chi connectivity index (χ1n) is 25.6. The fourth-order valence-corrected chi connectivity index (χ4v) is 10.5. The minimum atomic E-state index is -2.45. The molecule has 14 nitrogen and oxygen atoms in total. The number of rotatable bonds is 7. The van der Waals surface area contributed by atoms with Crippen molar-refractivity contribution in [2.24, 2.45) is 35.5 Å². The lowest BCUT2D eigenvalue weighted by Crippen LogP contribution is -2.61. The van der Waals surface area contributed by atoms with Crippen LogP contribution < -0.4 is 0 Å². The van der Waals surface area contributed by atoms with Gasteiger partial charge in [-0.2, -0.15) is 0 Å². The van der Waals surface area contributed by atoms with Crippen molar-refractivity contribution in [2.45, 2.75) is 200 Å². The smallest absolute Gasteiger partial charge is 0.329 e. The van der Waals surface area contributed by atoms with Gasteiger partial charge in [0.2, 0.25) is 5.79 Å². The van der Waals surface area contributed by atoms with Crippen LogP contribution in [0.3, 0.4) is 0 Å². The number of cyclic esters (lactones) is 1. The van der Waals surface area contributed by atoms with E-state index in [9.17, 15) is 39.6 Å². The Labute approximate surface area is 412 Å². The van der Waals surface area contributed by atoms with E-state index in [-0.39, 0.29) is 62.1 Å². The lowest BCUT2D eigenvalue weighted by molar-refractivity contribution is -0.265. The molecular weight excluding hydrogens is 883 g/mol. The quantitative estimate of drug-likeness (QED) is 0.0905. The topological polar surface area (TPSA) is 199 Å². The third-order valence-corrected chi connectivity index (χ3v) is 15.0. The predicted octanol–water partition coefficient (Wildman–Crippen LogP) is 6.76. The molecule has 2 saturated heterocycles. The number of aliphatic hydroxyl groups is 4. The van der Waals surface area contributed by atoms with Gasteiger partial charge in [0, 0.05) is 57.8 Å². The molecule has 1 amide bonds. The molecule has 0 aromatic heterocycles. The zero-order chi connectivity index (χ0) is 51.0. The van der Waals surface area contributed by atoms with Gasteiger partial charge >= 0.3 is 5.97 Å². The Morgan fingerprint density at radius 1 is 0.855 bits per heavy atom. The Morgan fingerprint density at radius 2 is 1.59 bits per heavy atom. The average molecular weight is 968 g/mol. The molecule has 1 saturated carbocycles. The van der Waals surface area contributed by atoms with Crippen molar-refractivity contribution in [1.29, 1.82) is 0 Å². The molecule has 16 atom stereocenters. The van der Waals surface area contributed by atoms with E-state index in [1.807, 2.05) is 65.0 Å². The van der Waals surface area contributed by atoms with Crippen LogP contribution in [0.5, 0.6) is 0 Å². The molecule has 69 heavy (non-hydrogen) atoms. The van der Waals surface area contributed by atoms with E-state index < -0.39 is 90.0 Å². The summed E-state index contributed by atoms with van der Waals surface area (Å²) in [6, 6.07) is -1.12. The van der Waals surface area contributed by atoms with Gasteiger partial charge in [0.25, 0.3) is 11.7 Å². The summed E-state index contributed by atoms with van der Waals surface area (Å²) in [4.78, 5) is 58.2. The lowest BCUT2D eigenvalue weighted by Gasteiger charge is -2.43. The monoisotopic (exact) mass is 968 g/mol. The molecule has 4 rings (SSSR count). The van der Waals surface area contributed by atoms with Gasteiger partial charge in [-0.25, -0.2) is 4.79 Å². The van der Waals surface area contributed by atoms with Crippen LogP contribution in [0.1, 0.15) is 139 Å². The van der Waals surface area contributed by atoms with Crippen molar-refractivity contribution in [3.05, 3.63) is 47.6 Å². The van der Waals surface area contributed by atoms with Crippen LogP contribution in [-0.2, 0) is 42.9 Å². The van der Waals surface area contributed by atoms with E-state index in [0.29, 0.717) is 63.4 Å². The molecule has 0 aromatic rings. The number of allylic oxidation sites excluding steroid dienone is 5. The van der Waals surface area contributed by atoms with Gasteiger partial charge in [0.15, 0.2) is 5.78 Å². The zero-order valence-electron chi connectivity index (χ0n) is 43.1. The highest BCUT2D eigenvalue weighted by molar-refractivity contribution is 6.39. The maximum Gasteiger partial charge on any atom is 0.329 e. The summed E-state index contributed by atoms with van der Waals surface area (Å²) >= 11 is 0. The first kappa shape index (κ1) is 58.1. The van der Waals surface area contributed by atoms with Crippen molar-refractivity contribution in [1.82, 2.24) is 4.90 Å². The Hall–Kier alpha value is -3.52. The van der Waals surface area contributed by atoms with Crippen molar-refractivity contribution >= 4 is 23.4 Å². The SMILES string of the molecule is CCC#CCOC1CC2CCC(C)C(O)(O2)C(=O)C(=O)N2CCCCC2C(=O)OC(C(C)CC2CCC(O)C(OC)C2)C[C@H](O)C(C)/C=C(\C)C(O)C(OC)C(=O)C(C)CC(C)/C=C/C=C/C=C/1C. The number of amides is 1. The van der Waals surface area contributed by atoms with Gasteiger partial charge in [-0.15, -0.1) is 5.92 Å². The molecule has 0 radical (unpaired) electrons. The number of hydrogen-bond donors (Lipinski definition) is 4. The highest BCUT2D eigenvalue weighted by atomic mass is 16.6. The number of fused-ring (bicyclic) bond motifs is 3. The first-order chi connectivity index (χ1) is 32.7. The van der Waals surface area contributed by atoms with Crippen LogP contribution in [0.4, 0.5) is 0 Å². The molecule has 4 aliphatic rings. The van der Waals surface area contributed by atoms with Crippen molar-refractivity contribution in [2.75, 3.05) is 27.4 Å². The van der Waals surface area contributed by atoms with Gasteiger partial charge in [-0.1, -0.05) is 83.9 Å². The highest BCUT2D eigenvalue weighted by Crippen LogP contribution is 2.38. The second-order valence-electron chi connectivity index (χ2n) is 20.6. The van der Waals surface area contributed by atoms with Crippen LogP contribution in [0.2, 0.25) is 0 Å². The lowest BCUT2D eigenvalue weighted by atomic mass is 9.78. The number of carbonyl (C=O) groups excluding carboxylic acids is 4. The number of esters is 1. The molecule has 388 valence electrons. The average Bonchev–Trinajstić information content (AvgIpc) is 3.32. The number of ketones is 2. The Bertz CT molecular complexity index is 1880. The van der Waals surface area contributed by atoms with Crippen LogP contribution in [0.15, 0.2) is 47.6 Å². The van der Waals surface area contributed by atoms with Crippen LogP contribution in [0, 0.1) is 47.3 Å². The Balaban J connectivity index is 1.72. The number of ether oxygens (including phenoxy) is 5. The number of Topliss-reactive ketones (excluding diaryl/α,β-unsaturated/α-hetero) is 2. The molecule has 0 spiro atoms. The largest absolute Gasteiger partial charge is 0.460 e. The summed E-state index contributed by atoms with van der Waals surface area (Å²) in [7, 11) is 2.97. The number of carbonyl (C=O) groups is 4. The summed E-state index contributed by atoms with van der Waals surface area (Å²) < 4.78 is 30.0. The molecule has 1 aliphatic carbocycles. The van der Waals surface area contributed by atoms with E-state index >= 15 is 0 Å². The minimum Gasteiger partial charge on any atom is -0.460 e. The van der Waals surface area contributed by atoms with E-state index in [0.717, 1.165) is 12.0 Å². The number of hydrogen-bond acceptors (Lipinski definition) is 13. The molecule has 3 fully saturated rings. The zero-order valence-corrected chi connectivity index (χ0v) is 43.1. The summed E-state index contributed by atoms with van der Waals surface area (Å²) in [6.07, 6.45) is 11.2. The molecule has 3 heterocycles. The Kier molecular flexibility index (Phi) is 23.5. The summed E-state index contributed by atoms with van der Waals surface area (Å²) in [5.41, 5.74) is 1.30. The van der Waals surface area contributed by atoms with Crippen LogP contribution >= 0.6 is 0 Å². The maximum atomic E-state index is 14.5. The number of aliphatic hydroxyl groups excluding tert-OH is 3. The van der Waals surface area contributed by atoms with E-state index in [1.165, 1.54) is 12.0 Å². The second kappa shape index (κ2) is 27.9. The van der Waals surface area contributed by atoms with E-state index in [4.69, 9.17) is 23.7 Å². The fraction of sp³-hybridized carbons (Fsp3) is 0.745. The molecular formula is C55H85NO13. The van der Waals surface area contributed by atoms with Crippen molar-refractivity contribution in [3.63, 3.8) is 0 Å². The van der Waals surface area contributed by atoms with Gasteiger partial charge in [0.05, 0.1) is 30.5 Å². The highest BCUT2D eigenvalue weighted by Gasteiger charge is 2.53.